The van der Waals surface area contributed by atoms with Gasteiger partial charge in [0.1, 0.15) is 4.34 Å². The van der Waals surface area contributed by atoms with Crippen molar-refractivity contribution in [2.75, 3.05) is 43.4 Å². The molecule has 1 aromatic carbocycles. The van der Waals surface area contributed by atoms with Crippen LogP contribution in [0.3, 0.4) is 0 Å². The summed E-state index contributed by atoms with van der Waals surface area (Å²) in [4.78, 5) is 11.3. The average Bonchev–Trinajstić information content (AvgIpc) is 2.94. The summed E-state index contributed by atoms with van der Waals surface area (Å²) in [5.74, 6) is 1.10. The van der Waals surface area contributed by atoms with Gasteiger partial charge in [0.25, 0.3) is 0 Å². The van der Waals surface area contributed by atoms with Gasteiger partial charge in [0.05, 0.1) is 5.69 Å². The Morgan fingerprint density at radius 2 is 1.70 bits per heavy atom. The van der Waals surface area contributed by atoms with E-state index in [4.69, 9.17) is 0 Å². The molecule has 0 aliphatic carbocycles. The highest BCUT2D eigenvalue weighted by molar-refractivity contribution is 8.01. The average molecular weight is 471 g/mol. The zero-order valence-corrected chi connectivity index (χ0v) is 20.2. The van der Waals surface area contributed by atoms with Crippen LogP contribution < -0.4 is 4.90 Å². The summed E-state index contributed by atoms with van der Waals surface area (Å²) >= 11 is 3.74. The molecule has 1 saturated heterocycles. The third-order valence-electron chi connectivity index (χ3n) is 4.62. The Morgan fingerprint density at radius 1 is 1.04 bits per heavy atom. The maximum absolute atomic E-state index is 4.68. The highest BCUT2D eigenvalue weighted by Crippen LogP contribution is 2.27. The maximum atomic E-state index is 4.68. The summed E-state index contributed by atoms with van der Waals surface area (Å²) in [6.45, 7) is 12.3. The number of rotatable bonds is 6. The number of thiazole rings is 1. The first-order valence-electron chi connectivity index (χ1n) is 8.79. The van der Waals surface area contributed by atoms with Gasteiger partial charge in [-0.3, -0.25) is 4.90 Å². The van der Waals surface area contributed by atoms with E-state index in [1.807, 2.05) is 23.1 Å². The molecule has 8 heteroatoms. The summed E-state index contributed by atoms with van der Waals surface area (Å²) in [5.41, 5.74) is 4.01. The van der Waals surface area contributed by atoms with Crippen LogP contribution >= 0.6 is 60.3 Å². The molecule has 0 bridgehead atoms. The van der Waals surface area contributed by atoms with E-state index in [9.17, 15) is 0 Å². The van der Waals surface area contributed by atoms with Gasteiger partial charge in [-0.05, 0) is 37.7 Å². The number of hydrogen-bond acceptors (Lipinski definition) is 5. The van der Waals surface area contributed by atoms with Gasteiger partial charge in [-0.15, -0.1) is 48.6 Å². The Bertz CT molecular complexity index is 674. The Kier molecular flexibility index (Phi) is 13.0. The lowest BCUT2D eigenvalue weighted by molar-refractivity contribution is 0.261. The minimum Gasteiger partial charge on any atom is -0.369 e. The number of aromatic nitrogens is 1. The molecule has 2 heterocycles. The fraction of sp³-hybridized carbons (Fsp3) is 0.526. The molecule has 1 aliphatic heterocycles. The second-order valence-electron chi connectivity index (χ2n) is 6.29. The second-order valence-corrected chi connectivity index (χ2v) is 8.88. The number of halogens is 3. The first-order valence-corrected chi connectivity index (χ1v) is 10.6. The van der Waals surface area contributed by atoms with Gasteiger partial charge in [0.2, 0.25) is 0 Å². The summed E-state index contributed by atoms with van der Waals surface area (Å²) < 4.78 is 1.23. The molecule has 0 N–H and O–H groups in total. The van der Waals surface area contributed by atoms with Crippen molar-refractivity contribution < 1.29 is 0 Å². The predicted molar refractivity (Wildman–Crippen MR) is 129 cm³/mol. The molecule has 3 nitrogen and oxygen atoms in total. The quantitative estimate of drug-likeness (QED) is 0.519. The monoisotopic (exact) mass is 469 g/mol. The molecule has 0 spiro atoms. The van der Waals surface area contributed by atoms with E-state index in [0.29, 0.717) is 0 Å². The van der Waals surface area contributed by atoms with E-state index in [1.165, 1.54) is 26.2 Å². The fourth-order valence-electron chi connectivity index (χ4n) is 3.21. The number of nitrogens with zero attached hydrogens (tertiary/aromatic N) is 3. The van der Waals surface area contributed by atoms with E-state index in [2.05, 4.69) is 59.8 Å². The lowest BCUT2D eigenvalue weighted by Crippen LogP contribution is -2.47. The molecule has 1 aromatic heterocycles. The highest BCUT2D eigenvalue weighted by Gasteiger charge is 2.18. The second kappa shape index (κ2) is 13.1. The molecule has 0 unspecified atom stereocenters. The van der Waals surface area contributed by atoms with Crippen molar-refractivity contribution in [2.45, 2.75) is 31.5 Å². The molecule has 0 radical (unpaired) electrons. The summed E-state index contributed by atoms with van der Waals surface area (Å²) in [7, 11) is 0. The van der Waals surface area contributed by atoms with Gasteiger partial charge in [0, 0.05) is 43.3 Å². The molecule has 0 atom stereocenters. The van der Waals surface area contributed by atoms with Gasteiger partial charge in [-0.1, -0.05) is 36.9 Å². The van der Waals surface area contributed by atoms with Gasteiger partial charge in [-0.25, -0.2) is 4.98 Å². The highest BCUT2D eigenvalue weighted by atomic mass is 35.5. The first kappa shape index (κ1) is 26.8. The Hall–Kier alpha value is -0.170. The summed E-state index contributed by atoms with van der Waals surface area (Å²) in [6, 6.07) is 8.73. The molecule has 1 aliphatic rings. The molecular formula is C19H30Cl3N3S2. The van der Waals surface area contributed by atoms with E-state index in [0.717, 1.165) is 44.9 Å². The van der Waals surface area contributed by atoms with Crippen LogP contribution in [0, 0.1) is 13.8 Å². The normalized spacial score (nSPS) is 14.1. The number of piperazine rings is 1. The van der Waals surface area contributed by atoms with Crippen LogP contribution in [-0.4, -0.2) is 48.4 Å². The fourth-order valence-corrected chi connectivity index (χ4v) is 5.33. The molecule has 0 amide bonds. The first-order chi connectivity index (χ1) is 11.7. The van der Waals surface area contributed by atoms with E-state index >= 15 is 0 Å². The van der Waals surface area contributed by atoms with Crippen molar-refractivity contribution in [2.24, 2.45) is 0 Å². The van der Waals surface area contributed by atoms with Crippen LogP contribution in [-0.2, 0) is 6.42 Å². The number of hydrogen-bond donors (Lipinski definition) is 0. The third kappa shape index (κ3) is 7.30. The van der Waals surface area contributed by atoms with Crippen LogP contribution in [0.5, 0.6) is 0 Å². The van der Waals surface area contributed by atoms with Gasteiger partial charge < -0.3 is 4.90 Å². The Labute approximate surface area is 190 Å². The summed E-state index contributed by atoms with van der Waals surface area (Å²) in [5, 5.41) is 0. The Balaban J connectivity index is 0.00000225. The number of anilines is 1. The zero-order valence-electron chi connectivity index (χ0n) is 16.1. The molecule has 2 aromatic rings. The van der Waals surface area contributed by atoms with Crippen LogP contribution in [0.1, 0.15) is 23.1 Å². The topological polar surface area (TPSA) is 19.4 Å². The van der Waals surface area contributed by atoms with Crippen molar-refractivity contribution >= 4 is 66.0 Å². The van der Waals surface area contributed by atoms with E-state index < -0.39 is 0 Å². The van der Waals surface area contributed by atoms with Crippen molar-refractivity contribution in [1.29, 1.82) is 0 Å². The van der Waals surface area contributed by atoms with Crippen molar-refractivity contribution in [1.82, 2.24) is 9.88 Å². The van der Waals surface area contributed by atoms with Gasteiger partial charge in [0.15, 0.2) is 0 Å². The molecule has 27 heavy (non-hydrogen) atoms. The molecule has 1 fully saturated rings. The smallest absolute Gasteiger partial charge is 0.150 e. The molecular weight excluding hydrogens is 441 g/mol. The van der Waals surface area contributed by atoms with Crippen molar-refractivity contribution in [3.8, 4) is 0 Å². The number of para-hydroxylation sites is 1. The minimum absolute atomic E-state index is 0. The van der Waals surface area contributed by atoms with Crippen molar-refractivity contribution in [3.63, 3.8) is 0 Å². The van der Waals surface area contributed by atoms with Gasteiger partial charge >= 0.3 is 0 Å². The van der Waals surface area contributed by atoms with E-state index in [-0.39, 0.29) is 37.2 Å². The van der Waals surface area contributed by atoms with Crippen LogP contribution in [0.2, 0.25) is 0 Å². The molecule has 3 rings (SSSR count). The number of aryl methyl sites for hydroxylation is 2. The van der Waals surface area contributed by atoms with Crippen LogP contribution in [0.25, 0.3) is 0 Å². The standard InChI is InChI=1S/C19H27N3S2.3ClH/c1-4-23-19-20-16(3)18(24-19)9-10-21-11-13-22(14-12-21)17-8-6-5-7-15(17)2;;;/h5-8H,4,9-14H2,1-3H3;3*1H. The maximum Gasteiger partial charge on any atom is 0.150 e. The number of thioether (sulfide) groups is 1. The van der Waals surface area contributed by atoms with E-state index in [1.54, 1.807) is 0 Å². The lowest BCUT2D eigenvalue weighted by atomic mass is 10.1. The number of benzene rings is 1. The SMILES string of the molecule is CCSc1nc(C)c(CCN2CCN(c3ccccc3C)CC2)s1.Cl.Cl.Cl. The predicted octanol–water partition coefficient (Wildman–Crippen LogP) is 5.50. The minimum atomic E-state index is 0. The lowest BCUT2D eigenvalue weighted by Gasteiger charge is -2.36. The summed E-state index contributed by atoms with van der Waals surface area (Å²) in [6.07, 6.45) is 1.14. The van der Waals surface area contributed by atoms with Crippen LogP contribution in [0.15, 0.2) is 28.6 Å². The van der Waals surface area contributed by atoms with Crippen molar-refractivity contribution in [3.05, 3.63) is 40.4 Å². The zero-order chi connectivity index (χ0) is 16.9. The largest absolute Gasteiger partial charge is 0.369 e. The molecule has 154 valence electrons. The van der Waals surface area contributed by atoms with Crippen LogP contribution in [0.4, 0.5) is 5.69 Å². The van der Waals surface area contributed by atoms with Gasteiger partial charge in [-0.2, -0.15) is 0 Å². The third-order valence-corrected chi connectivity index (χ3v) is 6.87. The Morgan fingerprint density at radius 3 is 2.33 bits per heavy atom. The molecule has 0 saturated carbocycles.